The van der Waals surface area contributed by atoms with Gasteiger partial charge in [-0.1, -0.05) is 19.1 Å². The summed E-state index contributed by atoms with van der Waals surface area (Å²) in [7, 11) is 0. The molecule has 3 aliphatic carbocycles. The zero-order valence-corrected chi connectivity index (χ0v) is 11.2. The fraction of sp³-hybridized carbons (Fsp3) is 0.533. The minimum absolute atomic E-state index is 0.00878. The van der Waals surface area contributed by atoms with Crippen LogP contribution in [-0.2, 0) is 16.4 Å². The van der Waals surface area contributed by atoms with E-state index in [-0.39, 0.29) is 16.9 Å². The van der Waals surface area contributed by atoms with Crippen molar-refractivity contribution in [1.29, 1.82) is 0 Å². The first-order valence-electron chi connectivity index (χ1n) is 6.77. The molecule has 1 aromatic rings. The minimum Gasteiger partial charge on any atom is -0.351 e. The Balaban J connectivity index is 1.68. The van der Waals surface area contributed by atoms with Crippen molar-refractivity contribution in [3.63, 3.8) is 0 Å². The highest BCUT2D eigenvalue weighted by Crippen LogP contribution is 2.67. The van der Waals surface area contributed by atoms with Gasteiger partial charge in [-0.2, -0.15) is 13.2 Å². The Hall–Kier alpha value is -1.52. The van der Waals surface area contributed by atoms with Crippen LogP contribution < -0.4 is 5.32 Å². The third-order valence-corrected chi connectivity index (χ3v) is 4.58. The molecule has 2 nitrogen and oxygen atoms in total. The van der Waals surface area contributed by atoms with E-state index < -0.39 is 11.7 Å². The Morgan fingerprint density at radius 1 is 1.20 bits per heavy atom. The number of alkyl halides is 3. The second-order valence-corrected chi connectivity index (χ2v) is 6.07. The zero-order valence-electron chi connectivity index (χ0n) is 11.2. The number of carbonyl (C=O) groups excluding carboxylic acids is 1. The van der Waals surface area contributed by atoms with Gasteiger partial charge in [-0.05, 0) is 37.0 Å². The number of hydrogen-bond donors (Lipinski definition) is 1. The average molecular weight is 283 g/mol. The molecule has 0 radical (unpaired) electrons. The van der Waals surface area contributed by atoms with E-state index in [1.807, 2.05) is 6.92 Å². The van der Waals surface area contributed by atoms with Crippen LogP contribution in [0.2, 0.25) is 0 Å². The normalized spacial score (nSPS) is 31.2. The Labute approximate surface area is 115 Å². The van der Waals surface area contributed by atoms with Crippen LogP contribution in [-0.4, -0.2) is 11.4 Å². The molecule has 5 heteroatoms. The molecule has 0 aliphatic heterocycles. The van der Waals surface area contributed by atoms with Crippen LogP contribution in [0.1, 0.15) is 43.7 Å². The smallest absolute Gasteiger partial charge is 0.351 e. The van der Waals surface area contributed by atoms with E-state index in [1.54, 1.807) is 12.1 Å². The molecule has 1 amide bonds. The van der Waals surface area contributed by atoms with E-state index >= 15 is 0 Å². The molecule has 3 saturated carbocycles. The summed E-state index contributed by atoms with van der Waals surface area (Å²) < 4.78 is 37.6. The maximum Gasteiger partial charge on any atom is 0.416 e. The van der Waals surface area contributed by atoms with Crippen LogP contribution in [0.5, 0.6) is 0 Å². The molecule has 3 fully saturated rings. The first kappa shape index (κ1) is 13.5. The predicted octanol–water partition coefficient (Wildman–Crippen LogP) is 3.41. The fourth-order valence-corrected chi connectivity index (χ4v) is 3.62. The second kappa shape index (κ2) is 3.99. The van der Waals surface area contributed by atoms with Crippen LogP contribution in [0.4, 0.5) is 13.2 Å². The molecule has 108 valence electrons. The van der Waals surface area contributed by atoms with Gasteiger partial charge in [0.15, 0.2) is 0 Å². The first-order chi connectivity index (χ1) is 9.29. The van der Waals surface area contributed by atoms with Crippen molar-refractivity contribution in [2.75, 3.05) is 0 Å². The van der Waals surface area contributed by atoms with E-state index in [1.165, 1.54) is 0 Å². The monoisotopic (exact) mass is 283 g/mol. The molecule has 20 heavy (non-hydrogen) atoms. The molecule has 4 rings (SSSR count). The molecule has 0 heterocycles. The van der Waals surface area contributed by atoms with Gasteiger partial charge in [-0.25, -0.2) is 0 Å². The molecule has 0 atom stereocenters. The Morgan fingerprint density at radius 2 is 1.75 bits per heavy atom. The summed E-state index contributed by atoms with van der Waals surface area (Å²) in [5.41, 5.74) is 0.251. The molecule has 0 saturated heterocycles. The molecular formula is C15H16F3NO. The van der Waals surface area contributed by atoms with Gasteiger partial charge >= 0.3 is 6.18 Å². The highest BCUT2D eigenvalue weighted by Gasteiger charge is 2.68. The van der Waals surface area contributed by atoms with E-state index in [0.29, 0.717) is 6.42 Å². The maximum atomic E-state index is 12.5. The van der Waals surface area contributed by atoms with Crippen LogP contribution >= 0.6 is 0 Å². The van der Waals surface area contributed by atoms with Gasteiger partial charge in [-0.3, -0.25) is 4.79 Å². The highest BCUT2D eigenvalue weighted by atomic mass is 19.4. The standard InChI is InChI=1S/C15H16F3NO/c1-2-12(20)19-14-7-13(8-14,9-14)10-3-5-11(6-4-10)15(16,17)18/h3-6H,2,7-9H2,1H3,(H,19,20). The molecule has 2 bridgehead atoms. The lowest BCUT2D eigenvalue weighted by atomic mass is 9.37. The highest BCUT2D eigenvalue weighted by molar-refractivity contribution is 5.77. The number of halogens is 3. The lowest BCUT2D eigenvalue weighted by Crippen LogP contribution is -2.76. The summed E-state index contributed by atoms with van der Waals surface area (Å²) in [5.74, 6) is 0.0470. The Bertz CT molecular complexity index is 527. The number of nitrogens with one attached hydrogen (secondary N) is 1. The van der Waals surface area contributed by atoms with Gasteiger partial charge in [0.05, 0.1) is 5.56 Å². The minimum atomic E-state index is -4.28. The van der Waals surface area contributed by atoms with E-state index in [4.69, 9.17) is 0 Å². The van der Waals surface area contributed by atoms with Gasteiger partial charge in [0, 0.05) is 17.4 Å². The van der Waals surface area contributed by atoms with Crippen molar-refractivity contribution in [2.24, 2.45) is 0 Å². The van der Waals surface area contributed by atoms with Crippen LogP contribution in [0.15, 0.2) is 24.3 Å². The second-order valence-electron chi connectivity index (χ2n) is 6.07. The van der Waals surface area contributed by atoms with Gasteiger partial charge in [0.25, 0.3) is 0 Å². The van der Waals surface area contributed by atoms with Crippen LogP contribution in [0.25, 0.3) is 0 Å². The third kappa shape index (κ3) is 1.91. The number of amides is 1. The lowest BCUT2D eigenvalue weighted by molar-refractivity contribution is -0.139. The molecule has 0 spiro atoms. The summed E-state index contributed by atoms with van der Waals surface area (Å²) in [6.07, 6.45) is -1.28. The number of rotatable bonds is 3. The predicted molar refractivity (Wildman–Crippen MR) is 68.1 cm³/mol. The van der Waals surface area contributed by atoms with Crippen molar-refractivity contribution in [3.8, 4) is 0 Å². The summed E-state index contributed by atoms with van der Waals surface area (Å²) in [5, 5.41) is 3.02. The largest absolute Gasteiger partial charge is 0.416 e. The van der Waals surface area contributed by atoms with Gasteiger partial charge in [0.1, 0.15) is 0 Å². The van der Waals surface area contributed by atoms with Crippen molar-refractivity contribution >= 4 is 5.91 Å². The van der Waals surface area contributed by atoms with Crippen molar-refractivity contribution in [3.05, 3.63) is 35.4 Å². The van der Waals surface area contributed by atoms with Crippen LogP contribution in [0, 0.1) is 0 Å². The molecule has 1 N–H and O–H groups in total. The summed E-state index contributed by atoms with van der Waals surface area (Å²) >= 11 is 0. The van der Waals surface area contributed by atoms with Crippen LogP contribution in [0.3, 0.4) is 0 Å². The van der Waals surface area contributed by atoms with Gasteiger partial charge < -0.3 is 5.32 Å². The van der Waals surface area contributed by atoms with Crippen molar-refractivity contribution < 1.29 is 18.0 Å². The lowest BCUT2D eigenvalue weighted by Gasteiger charge is -2.71. The molecule has 1 aromatic carbocycles. The quantitative estimate of drug-likeness (QED) is 0.905. The first-order valence-corrected chi connectivity index (χ1v) is 6.77. The summed E-state index contributed by atoms with van der Waals surface area (Å²) in [6.45, 7) is 1.81. The SMILES string of the molecule is CCC(=O)NC12CC(c3ccc(C(F)(F)F)cc3)(C1)C2. The van der Waals surface area contributed by atoms with Gasteiger partial charge in [0.2, 0.25) is 5.91 Å². The van der Waals surface area contributed by atoms with Gasteiger partial charge in [-0.15, -0.1) is 0 Å². The number of carbonyl (C=O) groups is 1. The fourth-order valence-electron chi connectivity index (χ4n) is 3.62. The van der Waals surface area contributed by atoms with E-state index in [2.05, 4.69) is 5.32 Å². The molecular weight excluding hydrogens is 267 g/mol. The molecule has 3 aliphatic rings. The van der Waals surface area contributed by atoms with Crippen molar-refractivity contribution in [1.82, 2.24) is 5.32 Å². The van der Waals surface area contributed by atoms with Crippen molar-refractivity contribution in [2.45, 2.75) is 49.7 Å². The Kier molecular flexibility index (Phi) is 2.69. The zero-order chi connectivity index (χ0) is 14.6. The average Bonchev–Trinajstić information content (AvgIpc) is 2.30. The third-order valence-electron chi connectivity index (χ3n) is 4.58. The summed E-state index contributed by atoms with van der Waals surface area (Å²) in [6, 6.07) is 5.45. The molecule has 0 unspecified atom stereocenters. The maximum absolute atomic E-state index is 12.5. The number of hydrogen-bond acceptors (Lipinski definition) is 1. The summed E-state index contributed by atoms with van der Waals surface area (Å²) in [4.78, 5) is 11.4. The topological polar surface area (TPSA) is 29.1 Å². The van der Waals surface area contributed by atoms with E-state index in [0.717, 1.165) is 37.0 Å². The molecule has 0 aromatic heterocycles. The van der Waals surface area contributed by atoms with E-state index in [9.17, 15) is 18.0 Å². The number of benzene rings is 1. The Morgan fingerprint density at radius 3 is 2.20 bits per heavy atom.